The number of hydrogen-bond donors (Lipinski definition) is 2. The van der Waals surface area contributed by atoms with Crippen molar-refractivity contribution >= 4 is 11.9 Å². The summed E-state index contributed by atoms with van der Waals surface area (Å²) in [7, 11) is 0. The number of carbonyl (C=O) groups is 1. The zero-order valence-electron chi connectivity index (χ0n) is 9.40. The van der Waals surface area contributed by atoms with E-state index < -0.39 is 6.04 Å². The number of carbonyl (C=O) groups excluding carboxylic acids is 1. The van der Waals surface area contributed by atoms with Gasteiger partial charge in [-0.05, 0) is 20.3 Å². The fourth-order valence-corrected chi connectivity index (χ4v) is 0.999. The maximum atomic E-state index is 11.5. The van der Waals surface area contributed by atoms with Crippen LogP contribution >= 0.6 is 0 Å². The van der Waals surface area contributed by atoms with E-state index in [2.05, 4.69) is 27.1 Å². The van der Waals surface area contributed by atoms with E-state index >= 15 is 0 Å². The van der Waals surface area contributed by atoms with Crippen LogP contribution in [0, 0.1) is 13.8 Å². The number of nitrogens with one attached hydrogen (secondary N) is 1. The Kier molecular flexibility index (Phi) is 4.07. The third-order valence-corrected chi connectivity index (χ3v) is 2.08. The highest BCUT2D eigenvalue weighted by molar-refractivity contribution is 5.93. The largest absolute Gasteiger partial charge is 0.320 e. The first-order chi connectivity index (χ1) is 7.54. The monoisotopic (exact) mass is 221 g/mol. The Bertz CT molecular complexity index is 404. The Morgan fingerprint density at radius 2 is 2.19 bits per heavy atom. The Hall–Kier alpha value is -1.82. The first kappa shape index (κ1) is 12.3. The van der Waals surface area contributed by atoms with Crippen molar-refractivity contribution in [3.05, 3.63) is 24.0 Å². The van der Waals surface area contributed by atoms with Crippen molar-refractivity contribution in [2.24, 2.45) is 5.73 Å². The topological polar surface area (TPSA) is 93.8 Å². The van der Waals surface area contributed by atoms with E-state index in [9.17, 15) is 4.79 Å². The van der Waals surface area contributed by atoms with Gasteiger partial charge in [0.2, 0.25) is 11.9 Å². The van der Waals surface area contributed by atoms with E-state index in [0.29, 0.717) is 6.42 Å². The maximum Gasteiger partial charge on any atom is 0.249 e. The quantitative estimate of drug-likeness (QED) is 0.714. The number of amides is 1. The molecule has 1 unspecified atom stereocenters. The lowest BCUT2D eigenvalue weighted by Gasteiger charge is -2.09. The van der Waals surface area contributed by atoms with Gasteiger partial charge in [0.1, 0.15) is 0 Å². The normalized spacial score (nSPS) is 11.9. The van der Waals surface area contributed by atoms with Crippen LogP contribution in [-0.4, -0.2) is 27.1 Å². The van der Waals surface area contributed by atoms with Gasteiger partial charge in [-0.2, -0.15) is 5.10 Å². The molecule has 0 aliphatic carbocycles. The molecular weight excluding hydrogens is 206 g/mol. The van der Waals surface area contributed by atoms with Gasteiger partial charge in [0.15, 0.2) is 0 Å². The number of nitrogens with two attached hydrogens (primary N) is 1. The summed E-state index contributed by atoms with van der Waals surface area (Å²) in [6.45, 7) is 7.10. The predicted octanol–water partition coefficient (Wildman–Crippen LogP) is 0.330. The van der Waals surface area contributed by atoms with Crippen molar-refractivity contribution in [2.45, 2.75) is 26.3 Å². The Balaban J connectivity index is 2.69. The molecule has 6 heteroatoms. The van der Waals surface area contributed by atoms with Crippen molar-refractivity contribution < 1.29 is 4.79 Å². The molecule has 1 amide bonds. The van der Waals surface area contributed by atoms with Crippen LogP contribution in [-0.2, 0) is 4.79 Å². The average Bonchev–Trinajstić information content (AvgIpc) is 2.24. The molecule has 3 N–H and O–H groups in total. The van der Waals surface area contributed by atoms with Crippen molar-refractivity contribution in [3.63, 3.8) is 0 Å². The molecule has 1 rings (SSSR count). The fourth-order valence-electron chi connectivity index (χ4n) is 0.999. The molecule has 0 spiro atoms. The zero-order valence-corrected chi connectivity index (χ0v) is 9.40. The van der Waals surface area contributed by atoms with E-state index in [4.69, 9.17) is 5.73 Å². The van der Waals surface area contributed by atoms with Crippen LogP contribution in [0.4, 0.5) is 5.95 Å². The standard InChI is InChI=1S/C10H15N5O/c1-4-5-8(11)9(16)13-10-12-6(2)7(3)14-15-10/h4,8H,1,5,11H2,2-3H3,(H,12,13,15,16). The second-order valence-electron chi connectivity index (χ2n) is 3.43. The van der Waals surface area contributed by atoms with Crippen LogP contribution in [0.2, 0.25) is 0 Å². The maximum absolute atomic E-state index is 11.5. The SMILES string of the molecule is C=CCC(N)C(=O)Nc1nnc(C)c(C)n1. The second-order valence-corrected chi connectivity index (χ2v) is 3.43. The number of rotatable bonds is 4. The number of aromatic nitrogens is 3. The molecule has 0 saturated heterocycles. The van der Waals surface area contributed by atoms with Crippen LogP contribution in [0.5, 0.6) is 0 Å². The molecule has 1 heterocycles. The number of nitrogens with zero attached hydrogens (tertiary/aromatic N) is 3. The molecule has 86 valence electrons. The van der Waals surface area contributed by atoms with E-state index in [1.54, 1.807) is 19.9 Å². The molecule has 0 saturated carbocycles. The van der Waals surface area contributed by atoms with Crippen LogP contribution in [0.25, 0.3) is 0 Å². The third kappa shape index (κ3) is 3.09. The summed E-state index contributed by atoms with van der Waals surface area (Å²) in [5, 5.41) is 10.1. The van der Waals surface area contributed by atoms with Gasteiger partial charge in [0.25, 0.3) is 0 Å². The average molecular weight is 221 g/mol. The molecule has 0 aromatic carbocycles. The van der Waals surface area contributed by atoms with Crippen molar-refractivity contribution in [1.29, 1.82) is 0 Å². The fraction of sp³-hybridized carbons (Fsp3) is 0.400. The molecule has 0 aliphatic heterocycles. The summed E-state index contributed by atoms with van der Waals surface area (Å²) in [4.78, 5) is 15.6. The predicted molar refractivity (Wildman–Crippen MR) is 60.7 cm³/mol. The van der Waals surface area contributed by atoms with Crippen molar-refractivity contribution in [3.8, 4) is 0 Å². The number of aryl methyl sites for hydroxylation is 2. The molecule has 16 heavy (non-hydrogen) atoms. The van der Waals surface area contributed by atoms with Gasteiger partial charge in [0, 0.05) is 0 Å². The summed E-state index contributed by atoms with van der Waals surface area (Å²) in [5.41, 5.74) is 7.04. The van der Waals surface area contributed by atoms with Crippen LogP contribution in [0.1, 0.15) is 17.8 Å². The van der Waals surface area contributed by atoms with E-state index in [-0.39, 0.29) is 11.9 Å². The Labute approximate surface area is 94.0 Å². The summed E-state index contributed by atoms with van der Waals surface area (Å²) in [6.07, 6.45) is 1.99. The molecule has 1 atom stereocenters. The number of hydrogen-bond acceptors (Lipinski definition) is 5. The minimum atomic E-state index is -0.636. The summed E-state index contributed by atoms with van der Waals surface area (Å²) >= 11 is 0. The smallest absolute Gasteiger partial charge is 0.249 e. The first-order valence-electron chi connectivity index (χ1n) is 4.90. The van der Waals surface area contributed by atoms with Crippen LogP contribution in [0.15, 0.2) is 12.7 Å². The lowest BCUT2D eigenvalue weighted by atomic mass is 10.2. The number of anilines is 1. The molecule has 0 fully saturated rings. The Morgan fingerprint density at radius 3 is 2.75 bits per heavy atom. The van der Waals surface area contributed by atoms with Gasteiger partial charge in [0.05, 0.1) is 17.4 Å². The van der Waals surface area contributed by atoms with Gasteiger partial charge < -0.3 is 5.73 Å². The highest BCUT2D eigenvalue weighted by atomic mass is 16.2. The molecule has 6 nitrogen and oxygen atoms in total. The summed E-state index contributed by atoms with van der Waals surface area (Å²) < 4.78 is 0. The van der Waals surface area contributed by atoms with Gasteiger partial charge in [-0.1, -0.05) is 6.08 Å². The summed E-state index contributed by atoms with van der Waals surface area (Å²) in [6, 6.07) is -0.636. The molecule has 1 aromatic rings. The van der Waals surface area contributed by atoms with Crippen molar-refractivity contribution in [2.75, 3.05) is 5.32 Å². The zero-order chi connectivity index (χ0) is 12.1. The van der Waals surface area contributed by atoms with Gasteiger partial charge in [-0.25, -0.2) is 4.98 Å². The molecule has 0 aliphatic rings. The lowest BCUT2D eigenvalue weighted by molar-refractivity contribution is -0.117. The minimum Gasteiger partial charge on any atom is -0.320 e. The van der Waals surface area contributed by atoms with E-state index in [1.165, 1.54) is 0 Å². The van der Waals surface area contributed by atoms with E-state index in [0.717, 1.165) is 11.4 Å². The molecular formula is C10H15N5O. The van der Waals surface area contributed by atoms with Crippen LogP contribution in [0.3, 0.4) is 0 Å². The van der Waals surface area contributed by atoms with E-state index in [1.807, 2.05) is 0 Å². The summed E-state index contributed by atoms with van der Waals surface area (Å²) in [5.74, 6) is -0.169. The highest BCUT2D eigenvalue weighted by Crippen LogP contribution is 2.02. The van der Waals surface area contributed by atoms with Crippen LogP contribution < -0.4 is 11.1 Å². The molecule has 0 bridgehead atoms. The van der Waals surface area contributed by atoms with Gasteiger partial charge >= 0.3 is 0 Å². The third-order valence-electron chi connectivity index (χ3n) is 2.08. The highest BCUT2D eigenvalue weighted by Gasteiger charge is 2.13. The lowest BCUT2D eigenvalue weighted by Crippen LogP contribution is -2.35. The van der Waals surface area contributed by atoms with Gasteiger partial charge in [-0.3, -0.25) is 10.1 Å². The minimum absolute atomic E-state index is 0.174. The van der Waals surface area contributed by atoms with Gasteiger partial charge in [-0.15, -0.1) is 11.7 Å². The molecule has 1 aromatic heterocycles. The Morgan fingerprint density at radius 1 is 1.50 bits per heavy atom. The second kappa shape index (κ2) is 5.32. The first-order valence-corrected chi connectivity index (χ1v) is 4.90. The van der Waals surface area contributed by atoms with Crippen molar-refractivity contribution in [1.82, 2.24) is 15.2 Å². The molecule has 0 radical (unpaired) electrons.